The Hall–Kier alpha value is -0.160. The molecule has 0 aromatic rings. The lowest BCUT2D eigenvalue weighted by Gasteiger charge is -2.27. The molecule has 0 saturated heterocycles. The predicted octanol–water partition coefficient (Wildman–Crippen LogP) is 2.21. The van der Waals surface area contributed by atoms with Gasteiger partial charge in [-0.15, -0.1) is 0 Å². The van der Waals surface area contributed by atoms with E-state index in [2.05, 4.69) is 6.92 Å². The molecule has 2 unspecified atom stereocenters. The second kappa shape index (κ2) is 9.70. The molecule has 4 heteroatoms. The summed E-state index contributed by atoms with van der Waals surface area (Å²) >= 11 is 0. The Bertz CT molecular complexity index is 225. The molecule has 0 aromatic carbocycles. The van der Waals surface area contributed by atoms with Gasteiger partial charge in [-0.2, -0.15) is 0 Å². The standard InChI is InChI=1S/C15H31NO3/c1-3-14-4-5-15(12-14,13-16)6-7-18-10-11-19-9-8-17-2/h14H,3-13,16H2,1-2H3. The highest BCUT2D eigenvalue weighted by Crippen LogP contribution is 2.44. The third-order valence-electron chi connectivity index (χ3n) is 4.40. The third kappa shape index (κ3) is 6.21. The number of nitrogens with two attached hydrogens (primary N) is 1. The first-order chi connectivity index (χ1) is 9.26. The molecule has 0 amide bonds. The van der Waals surface area contributed by atoms with Crippen LogP contribution in [0, 0.1) is 11.3 Å². The van der Waals surface area contributed by atoms with Gasteiger partial charge in [-0.25, -0.2) is 0 Å². The van der Waals surface area contributed by atoms with Crippen LogP contribution in [0.1, 0.15) is 39.0 Å². The van der Waals surface area contributed by atoms with Crippen LogP contribution >= 0.6 is 0 Å². The van der Waals surface area contributed by atoms with Crippen molar-refractivity contribution < 1.29 is 14.2 Å². The lowest BCUT2D eigenvalue weighted by atomic mass is 9.82. The van der Waals surface area contributed by atoms with Crippen LogP contribution in [0.25, 0.3) is 0 Å². The number of hydrogen-bond donors (Lipinski definition) is 1. The topological polar surface area (TPSA) is 53.7 Å². The van der Waals surface area contributed by atoms with Crippen molar-refractivity contribution in [1.29, 1.82) is 0 Å². The van der Waals surface area contributed by atoms with Crippen LogP contribution in [0.4, 0.5) is 0 Å². The SMILES string of the molecule is CCC1CCC(CN)(CCOCCOCCOC)C1. The van der Waals surface area contributed by atoms with Crippen LogP contribution in [-0.4, -0.2) is 46.7 Å². The molecule has 0 bridgehead atoms. The zero-order valence-corrected chi connectivity index (χ0v) is 12.7. The minimum absolute atomic E-state index is 0.345. The van der Waals surface area contributed by atoms with Crippen molar-refractivity contribution in [2.24, 2.45) is 17.1 Å². The molecule has 19 heavy (non-hydrogen) atoms. The third-order valence-corrected chi connectivity index (χ3v) is 4.40. The first kappa shape index (κ1) is 16.9. The van der Waals surface area contributed by atoms with E-state index in [1.165, 1.54) is 25.7 Å². The van der Waals surface area contributed by atoms with Gasteiger partial charge in [0.2, 0.25) is 0 Å². The molecule has 0 heterocycles. The second-order valence-corrected chi connectivity index (χ2v) is 5.69. The number of methoxy groups -OCH3 is 1. The largest absolute Gasteiger partial charge is 0.382 e. The molecule has 114 valence electrons. The van der Waals surface area contributed by atoms with E-state index in [-0.39, 0.29) is 0 Å². The smallest absolute Gasteiger partial charge is 0.0701 e. The van der Waals surface area contributed by atoms with E-state index in [9.17, 15) is 0 Å². The predicted molar refractivity (Wildman–Crippen MR) is 77.3 cm³/mol. The average molecular weight is 273 g/mol. The lowest BCUT2D eigenvalue weighted by Crippen LogP contribution is -2.29. The Balaban J connectivity index is 2.04. The molecular weight excluding hydrogens is 242 g/mol. The molecular formula is C15H31NO3. The van der Waals surface area contributed by atoms with Gasteiger partial charge >= 0.3 is 0 Å². The molecule has 1 rings (SSSR count). The van der Waals surface area contributed by atoms with Crippen molar-refractivity contribution in [3.05, 3.63) is 0 Å². The van der Waals surface area contributed by atoms with Crippen molar-refractivity contribution in [2.45, 2.75) is 39.0 Å². The van der Waals surface area contributed by atoms with Crippen LogP contribution in [0.2, 0.25) is 0 Å². The molecule has 1 aliphatic rings. The Kier molecular flexibility index (Phi) is 8.62. The number of ether oxygens (including phenoxy) is 3. The van der Waals surface area contributed by atoms with Crippen molar-refractivity contribution >= 4 is 0 Å². The quantitative estimate of drug-likeness (QED) is 0.586. The molecule has 0 aliphatic heterocycles. The Labute approximate surface area is 118 Å². The molecule has 1 aliphatic carbocycles. The van der Waals surface area contributed by atoms with Gasteiger partial charge in [0, 0.05) is 13.7 Å². The van der Waals surface area contributed by atoms with Gasteiger partial charge in [0.1, 0.15) is 0 Å². The summed E-state index contributed by atoms with van der Waals surface area (Å²) in [5.74, 6) is 0.876. The van der Waals surface area contributed by atoms with E-state index in [0.29, 0.717) is 31.8 Å². The van der Waals surface area contributed by atoms with E-state index in [0.717, 1.165) is 25.5 Å². The summed E-state index contributed by atoms with van der Waals surface area (Å²) in [6.07, 6.45) is 6.28. The summed E-state index contributed by atoms with van der Waals surface area (Å²) in [7, 11) is 1.68. The molecule has 2 N–H and O–H groups in total. The first-order valence-electron chi connectivity index (χ1n) is 7.61. The summed E-state index contributed by atoms with van der Waals surface area (Å²) in [6, 6.07) is 0. The van der Waals surface area contributed by atoms with E-state index in [1.807, 2.05) is 0 Å². The monoisotopic (exact) mass is 273 g/mol. The highest BCUT2D eigenvalue weighted by atomic mass is 16.5. The highest BCUT2D eigenvalue weighted by Gasteiger charge is 2.36. The van der Waals surface area contributed by atoms with E-state index in [4.69, 9.17) is 19.9 Å². The zero-order chi connectivity index (χ0) is 14.0. The summed E-state index contributed by atoms with van der Waals surface area (Å²) in [5.41, 5.74) is 6.33. The van der Waals surface area contributed by atoms with E-state index < -0.39 is 0 Å². The molecule has 0 spiro atoms. The van der Waals surface area contributed by atoms with Crippen LogP contribution in [-0.2, 0) is 14.2 Å². The Morgan fingerprint density at radius 3 is 2.37 bits per heavy atom. The zero-order valence-electron chi connectivity index (χ0n) is 12.7. The molecule has 2 atom stereocenters. The van der Waals surface area contributed by atoms with Crippen LogP contribution in [0.3, 0.4) is 0 Å². The van der Waals surface area contributed by atoms with Gasteiger partial charge in [-0.05, 0) is 43.6 Å². The minimum Gasteiger partial charge on any atom is -0.382 e. The molecule has 4 nitrogen and oxygen atoms in total. The summed E-state index contributed by atoms with van der Waals surface area (Å²) < 4.78 is 15.9. The fourth-order valence-corrected chi connectivity index (χ4v) is 2.94. The fraction of sp³-hybridized carbons (Fsp3) is 1.00. The second-order valence-electron chi connectivity index (χ2n) is 5.69. The van der Waals surface area contributed by atoms with Gasteiger partial charge in [0.05, 0.1) is 26.4 Å². The lowest BCUT2D eigenvalue weighted by molar-refractivity contribution is 0.0169. The maximum atomic E-state index is 5.99. The maximum absolute atomic E-state index is 5.99. The van der Waals surface area contributed by atoms with Gasteiger partial charge in [-0.1, -0.05) is 13.3 Å². The van der Waals surface area contributed by atoms with E-state index in [1.54, 1.807) is 7.11 Å². The summed E-state index contributed by atoms with van der Waals surface area (Å²) in [4.78, 5) is 0. The van der Waals surface area contributed by atoms with Gasteiger partial charge in [0.15, 0.2) is 0 Å². The minimum atomic E-state index is 0.345. The fourth-order valence-electron chi connectivity index (χ4n) is 2.94. The van der Waals surface area contributed by atoms with Gasteiger partial charge < -0.3 is 19.9 Å². The average Bonchev–Trinajstić information content (AvgIpc) is 2.86. The van der Waals surface area contributed by atoms with Crippen molar-refractivity contribution in [1.82, 2.24) is 0 Å². The molecule has 1 saturated carbocycles. The maximum Gasteiger partial charge on any atom is 0.0701 e. The highest BCUT2D eigenvalue weighted by molar-refractivity contribution is 4.89. The summed E-state index contributed by atoms with van der Waals surface area (Å²) in [6.45, 7) is 6.50. The van der Waals surface area contributed by atoms with Crippen molar-refractivity contribution in [3.63, 3.8) is 0 Å². The van der Waals surface area contributed by atoms with Gasteiger partial charge in [0.25, 0.3) is 0 Å². The normalized spacial score (nSPS) is 27.0. The van der Waals surface area contributed by atoms with E-state index >= 15 is 0 Å². The first-order valence-corrected chi connectivity index (χ1v) is 7.61. The van der Waals surface area contributed by atoms with Crippen LogP contribution < -0.4 is 5.73 Å². The Morgan fingerprint density at radius 1 is 1.11 bits per heavy atom. The van der Waals surface area contributed by atoms with Crippen molar-refractivity contribution in [2.75, 3.05) is 46.7 Å². The van der Waals surface area contributed by atoms with Crippen LogP contribution in [0.5, 0.6) is 0 Å². The Morgan fingerprint density at radius 2 is 1.79 bits per heavy atom. The molecule has 1 fully saturated rings. The molecule has 0 radical (unpaired) electrons. The van der Waals surface area contributed by atoms with Crippen molar-refractivity contribution in [3.8, 4) is 0 Å². The molecule has 0 aromatic heterocycles. The van der Waals surface area contributed by atoms with Gasteiger partial charge in [-0.3, -0.25) is 0 Å². The number of rotatable bonds is 11. The summed E-state index contributed by atoms with van der Waals surface area (Å²) in [5, 5.41) is 0. The van der Waals surface area contributed by atoms with Crippen LogP contribution in [0.15, 0.2) is 0 Å². The number of hydrogen-bond acceptors (Lipinski definition) is 4.